The van der Waals surface area contributed by atoms with Gasteiger partial charge in [-0.05, 0) is 87.0 Å². The Hall–Kier alpha value is -7.42. The zero-order valence-corrected chi connectivity index (χ0v) is 32.0. The third-order valence-corrected chi connectivity index (χ3v) is 12.4. The van der Waals surface area contributed by atoms with Crippen LogP contribution in [-0.4, -0.2) is 0 Å². The van der Waals surface area contributed by atoms with E-state index >= 15 is 0 Å². The van der Waals surface area contributed by atoms with Crippen molar-refractivity contribution in [2.24, 2.45) is 0 Å². The zero-order valence-electron chi connectivity index (χ0n) is 32.0. The molecule has 11 rings (SSSR count). The van der Waals surface area contributed by atoms with Gasteiger partial charge in [-0.3, -0.25) is 0 Å². The first-order valence-electron chi connectivity index (χ1n) is 20.1. The molecule has 2 nitrogen and oxygen atoms in total. The van der Waals surface area contributed by atoms with Crippen LogP contribution in [0, 0.1) is 0 Å². The fourth-order valence-corrected chi connectivity index (χ4v) is 10.2. The van der Waals surface area contributed by atoms with Crippen molar-refractivity contribution in [3.8, 4) is 0 Å². The molecule has 0 radical (unpaired) electrons. The normalized spacial score (nSPS) is 14.4. The van der Waals surface area contributed by atoms with Crippen LogP contribution in [0.3, 0.4) is 0 Å². The van der Waals surface area contributed by atoms with Crippen LogP contribution < -0.4 is 9.80 Å². The van der Waals surface area contributed by atoms with E-state index < -0.39 is 10.8 Å². The highest BCUT2D eigenvalue weighted by Crippen LogP contribution is 2.60. The van der Waals surface area contributed by atoms with E-state index in [0.717, 1.165) is 34.1 Å². The van der Waals surface area contributed by atoms with E-state index in [4.69, 9.17) is 0 Å². The summed E-state index contributed by atoms with van der Waals surface area (Å²) in [5.41, 5.74) is 15.8. The Labute approximate surface area is 340 Å². The Bertz CT molecular complexity index is 2530. The first-order chi connectivity index (χ1) is 28.8. The predicted octanol–water partition coefficient (Wildman–Crippen LogP) is 14.0. The van der Waals surface area contributed by atoms with Crippen LogP contribution in [0.25, 0.3) is 0 Å². The van der Waals surface area contributed by atoms with Crippen molar-refractivity contribution in [1.29, 1.82) is 0 Å². The van der Waals surface area contributed by atoms with E-state index in [9.17, 15) is 0 Å². The van der Waals surface area contributed by atoms with Crippen LogP contribution in [0.15, 0.2) is 243 Å². The van der Waals surface area contributed by atoms with Gasteiger partial charge >= 0.3 is 0 Å². The van der Waals surface area contributed by atoms with Crippen LogP contribution in [-0.2, 0) is 10.8 Å². The number of benzene rings is 9. The smallest absolute Gasteiger partial charge is 0.0742 e. The van der Waals surface area contributed by atoms with Gasteiger partial charge in [0.15, 0.2) is 0 Å². The summed E-state index contributed by atoms with van der Waals surface area (Å²) in [5.74, 6) is 0. The highest BCUT2D eigenvalue weighted by molar-refractivity contribution is 5.93. The van der Waals surface area contributed by atoms with Crippen molar-refractivity contribution in [2.45, 2.75) is 10.8 Å². The standard InChI is InChI=1S/C56H40N2/c1-5-22-41(23-6-1)55(42-24-7-2-8-25-42)47-32-13-17-36-51(47)57(52-37-18-14-33-48(52)55)45-30-21-31-46(40-45)58-53-38-19-15-34-49(53)56(43-26-9-3-10-27-43,44-28-11-4-12-29-44)50-35-16-20-39-54(50)58/h1-40H. The summed E-state index contributed by atoms with van der Waals surface area (Å²) >= 11 is 0. The van der Waals surface area contributed by atoms with Gasteiger partial charge in [0.2, 0.25) is 0 Å². The monoisotopic (exact) mass is 740 g/mol. The largest absolute Gasteiger partial charge is 0.310 e. The summed E-state index contributed by atoms with van der Waals surface area (Å²) in [6.45, 7) is 0. The van der Waals surface area contributed by atoms with Gasteiger partial charge in [-0.1, -0.05) is 200 Å². The van der Waals surface area contributed by atoms with Gasteiger partial charge in [-0.25, -0.2) is 0 Å². The minimum Gasteiger partial charge on any atom is -0.310 e. The van der Waals surface area contributed by atoms with Crippen LogP contribution in [0.2, 0.25) is 0 Å². The van der Waals surface area contributed by atoms with Crippen molar-refractivity contribution in [3.63, 3.8) is 0 Å². The fourth-order valence-electron chi connectivity index (χ4n) is 10.2. The lowest BCUT2D eigenvalue weighted by atomic mass is 9.62. The Morgan fingerprint density at radius 3 is 0.741 bits per heavy atom. The van der Waals surface area contributed by atoms with Crippen LogP contribution in [0.4, 0.5) is 34.1 Å². The number of hydrogen-bond donors (Lipinski definition) is 0. The molecule has 2 aliphatic rings. The van der Waals surface area contributed by atoms with Gasteiger partial charge in [0, 0.05) is 11.4 Å². The molecule has 0 saturated carbocycles. The van der Waals surface area contributed by atoms with Gasteiger partial charge in [-0.15, -0.1) is 0 Å². The SMILES string of the molecule is c1ccc(C2(c3ccccc3)c3ccccc3N(c3cccc(N4c5ccccc5C(c5ccccc5)(c5ccccc5)c5ccccc54)c3)c3ccccc32)cc1. The van der Waals surface area contributed by atoms with Crippen LogP contribution >= 0.6 is 0 Å². The second-order valence-corrected chi connectivity index (χ2v) is 15.2. The Balaban J connectivity index is 1.14. The fraction of sp³-hybridized carbons (Fsp3) is 0.0357. The number of para-hydroxylation sites is 4. The summed E-state index contributed by atoms with van der Waals surface area (Å²) in [6, 6.07) is 89.1. The van der Waals surface area contributed by atoms with E-state index in [1.165, 1.54) is 44.5 Å². The molecule has 0 saturated heterocycles. The topological polar surface area (TPSA) is 6.48 Å². The molecular formula is C56H40N2. The summed E-state index contributed by atoms with van der Waals surface area (Å²) in [5, 5.41) is 0. The lowest BCUT2D eigenvalue weighted by Crippen LogP contribution is -2.38. The molecule has 2 heterocycles. The molecule has 2 heteroatoms. The number of anilines is 6. The van der Waals surface area contributed by atoms with Gasteiger partial charge < -0.3 is 9.80 Å². The molecule has 9 aromatic rings. The maximum Gasteiger partial charge on any atom is 0.0742 e. The molecule has 0 aromatic heterocycles. The molecule has 0 atom stereocenters. The van der Waals surface area contributed by atoms with Crippen molar-refractivity contribution in [2.75, 3.05) is 9.80 Å². The lowest BCUT2D eigenvalue weighted by molar-refractivity contribution is 0.730. The van der Waals surface area contributed by atoms with Crippen molar-refractivity contribution in [1.82, 2.24) is 0 Å². The number of rotatable bonds is 6. The third kappa shape index (κ3) is 4.85. The molecule has 0 amide bonds. The third-order valence-electron chi connectivity index (χ3n) is 12.4. The molecular weight excluding hydrogens is 701 g/mol. The van der Waals surface area contributed by atoms with Gasteiger partial charge in [0.05, 0.1) is 33.6 Å². The van der Waals surface area contributed by atoms with Gasteiger partial charge in [0.1, 0.15) is 0 Å². The van der Waals surface area contributed by atoms with E-state index in [1.807, 2.05) is 0 Å². The lowest BCUT2D eigenvalue weighted by Gasteiger charge is -2.47. The molecule has 0 fully saturated rings. The molecule has 9 aromatic carbocycles. The Morgan fingerprint density at radius 2 is 0.466 bits per heavy atom. The highest BCUT2D eigenvalue weighted by atomic mass is 15.2. The first kappa shape index (κ1) is 33.9. The van der Waals surface area contributed by atoms with E-state index in [1.54, 1.807) is 0 Å². The van der Waals surface area contributed by atoms with Gasteiger partial charge in [-0.2, -0.15) is 0 Å². The minimum absolute atomic E-state index is 0.521. The molecule has 0 unspecified atom stereocenters. The molecule has 58 heavy (non-hydrogen) atoms. The average molecular weight is 741 g/mol. The minimum atomic E-state index is -0.521. The molecule has 0 aliphatic carbocycles. The molecule has 0 bridgehead atoms. The summed E-state index contributed by atoms with van der Waals surface area (Å²) in [6.07, 6.45) is 0. The van der Waals surface area contributed by atoms with E-state index in [-0.39, 0.29) is 0 Å². The van der Waals surface area contributed by atoms with E-state index in [2.05, 4.69) is 252 Å². The van der Waals surface area contributed by atoms with Gasteiger partial charge in [0.25, 0.3) is 0 Å². The van der Waals surface area contributed by atoms with Crippen molar-refractivity contribution < 1.29 is 0 Å². The molecule has 0 N–H and O–H groups in total. The maximum absolute atomic E-state index is 2.47. The predicted molar refractivity (Wildman–Crippen MR) is 240 cm³/mol. The average Bonchev–Trinajstić information content (AvgIpc) is 3.31. The molecule has 274 valence electrons. The number of nitrogens with zero attached hydrogens (tertiary/aromatic N) is 2. The van der Waals surface area contributed by atoms with Crippen molar-refractivity contribution >= 4 is 34.1 Å². The molecule has 2 aliphatic heterocycles. The summed E-state index contributed by atoms with van der Waals surface area (Å²) < 4.78 is 0. The maximum atomic E-state index is 2.47. The first-order valence-corrected chi connectivity index (χ1v) is 20.1. The van der Waals surface area contributed by atoms with Crippen molar-refractivity contribution in [3.05, 3.63) is 287 Å². The Kier molecular flexibility index (Phi) is 7.97. The molecule has 0 spiro atoms. The summed E-state index contributed by atoms with van der Waals surface area (Å²) in [4.78, 5) is 4.94. The van der Waals surface area contributed by atoms with Crippen LogP contribution in [0.1, 0.15) is 44.5 Å². The van der Waals surface area contributed by atoms with Crippen LogP contribution in [0.5, 0.6) is 0 Å². The second kappa shape index (κ2) is 13.7. The number of hydrogen-bond acceptors (Lipinski definition) is 2. The quantitative estimate of drug-likeness (QED) is 0.167. The van der Waals surface area contributed by atoms with E-state index in [0.29, 0.717) is 0 Å². The number of fused-ring (bicyclic) bond motifs is 4. The summed E-state index contributed by atoms with van der Waals surface area (Å²) in [7, 11) is 0. The highest BCUT2D eigenvalue weighted by Gasteiger charge is 2.48. The zero-order chi connectivity index (χ0) is 38.5. The second-order valence-electron chi connectivity index (χ2n) is 15.2. The Morgan fingerprint density at radius 1 is 0.224 bits per heavy atom.